The average Bonchev–Trinajstić information content (AvgIpc) is 3.19. The first-order valence-electron chi connectivity index (χ1n) is 11.4. The van der Waals surface area contributed by atoms with Gasteiger partial charge in [0.25, 0.3) is 0 Å². The first-order chi connectivity index (χ1) is 15.1. The number of unbranched alkanes of at least 4 members (excludes halogenated alkanes) is 1. The van der Waals surface area contributed by atoms with Crippen LogP contribution in [0.4, 0.5) is 0 Å². The molecule has 0 atom stereocenters. The van der Waals surface area contributed by atoms with Gasteiger partial charge in [-0.05, 0) is 58.3 Å². The SMILES string of the molecule is CCCCc1nc(SC)c(C(=O)OCC)n1Cc1ccc(B2OC(C)(C)C(C)(C)O2)cc1. The standard InChI is InChI=1S/C24H35BN2O4S/c1-8-10-11-19-26-21(32-7)20(22(28)29-9-2)27(19)16-17-12-14-18(15-13-17)25-30-23(3,4)24(5,6)31-25/h12-15H,8-11,16H2,1-7H3. The van der Waals surface area contributed by atoms with Crippen molar-refractivity contribution in [1.29, 1.82) is 0 Å². The number of aryl methyl sites for hydroxylation is 1. The number of hydrogen-bond donors (Lipinski definition) is 0. The van der Waals surface area contributed by atoms with E-state index in [1.807, 2.05) is 29.9 Å². The molecule has 1 fully saturated rings. The van der Waals surface area contributed by atoms with E-state index >= 15 is 0 Å². The second-order valence-corrected chi connectivity index (χ2v) is 9.92. The van der Waals surface area contributed by atoms with Crippen LogP contribution >= 0.6 is 11.8 Å². The summed E-state index contributed by atoms with van der Waals surface area (Å²) in [7, 11) is -0.388. The predicted molar refractivity (Wildman–Crippen MR) is 130 cm³/mol. The van der Waals surface area contributed by atoms with Crippen molar-refractivity contribution in [3.8, 4) is 0 Å². The topological polar surface area (TPSA) is 62.6 Å². The van der Waals surface area contributed by atoms with Crippen LogP contribution in [0.25, 0.3) is 0 Å². The smallest absolute Gasteiger partial charge is 0.461 e. The van der Waals surface area contributed by atoms with E-state index in [4.69, 9.17) is 19.0 Å². The molecular formula is C24H35BN2O4S. The Morgan fingerprint density at radius 2 is 1.75 bits per heavy atom. The van der Waals surface area contributed by atoms with Crippen LogP contribution in [0.5, 0.6) is 0 Å². The molecular weight excluding hydrogens is 423 g/mol. The van der Waals surface area contributed by atoms with Crippen LogP contribution in [-0.4, -0.2) is 46.7 Å². The number of imidazole rings is 1. The van der Waals surface area contributed by atoms with Crippen molar-refractivity contribution in [3.05, 3.63) is 41.3 Å². The van der Waals surface area contributed by atoms with Gasteiger partial charge in [0.1, 0.15) is 10.9 Å². The number of benzene rings is 1. The lowest BCUT2D eigenvalue weighted by Crippen LogP contribution is -2.41. The van der Waals surface area contributed by atoms with Gasteiger partial charge >= 0.3 is 13.1 Å². The van der Waals surface area contributed by atoms with E-state index in [-0.39, 0.29) is 24.3 Å². The van der Waals surface area contributed by atoms with Gasteiger partial charge in [0, 0.05) is 13.0 Å². The molecule has 2 heterocycles. The molecule has 0 spiro atoms. The summed E-state index contributed by atoms with van der Waals surface area (Å²) < 4.78 is 19.7. The van der Waals surface area contributed by atoms with Gasteiger partial charge in [0.2, 0.25) is 0 Å². The van der Waals surface area contributed by atoms with Crippen molar-refractivity contribution < 1.29 is 18.8 Å². The van der Waals surface area contributed by atoms with E-state index in [0.29, 0.717) is 18.8 Å². The molecule has 3 rings (SSSR count). The second kappa shape index (κ2) is 10.0. The van der Waals surface area contributed by atoms with Crippen molar-refractivity contribution in [2.45, 2.75) is 83.6 Å². The molecule has 0 unspecified atom stereocenters. The summed E-state index contributed by atoms with van der Waals surface area (Å²) in [5.41, 5.74) is 1.87. The highest BCUT2D eigenvalue weighted by Crippen LogP contribution is 2.36. The van der Waals surface area contributed by atoms with Gasteiger partial charge < -0.3 is 18.6 Å². The molecule has 32 heavy (non-hydrogen) atoms. The van der Waals surface area contributed by atoms with Gasteiger partial charge in [-0.15, -0.1) is 11.8 Å². The van der Waals surface area contributed by atoms with Gasteiger partial charge in [-0.25, -0.2) is 9.78 Å². The third kappa shape index (κ3) is 5.08. The highest BCUT2D eigenvalue weighted by atomic mass is 32.2. The maximum absolute atomic E-state index is 12.7. The van der Waals surface area contributed by atoms with E-state index < -0.39 is 0 Å². The zero-order valence-electron chi connectivity index (χ0n) is 20.4. The van der Waals surface area contributed by atoms with Gasteiger partial charge in [-0.1, -0.05) is 37.6 Å². The first-order valence-corrected chi connectivity index (χ1v) is 12.6. The third-order valence-corrected chi connectivity index (χ3v) is 6.95. The largest absolute Gasteiger partial charge is 0.494 e. The fourth-order valence-electron chi connectivity index (χ4n) is 3.65. The van der Waals surface area contributed by atoms with E-state index in [0.717, 1.165) is 41.1 Å². The Labute approximate surface area is 196 Å². The van der Waals surface area contributed by atoms with Crippen molar-refractivity contribution in [2.24, 2.45) is 0 Å². The normalized spacial score (nSPS) is 17.0. The monoisotopic (exact) mass is 458 g/mol. The minimum atomic E-state index is -0.388. The first kappa shape index (κ1) is 24.9. The number of carbonyl (C=O) groups is 1. The quantitative estimate of drug-likeness (QED) is 0.314. The second-order valence-electron chi connectivity index (χ2n) is 9.13. The molecule has 1 aliphatic rings. The fourth-order valence-corrected chi connectivity index (χ4v) is 4.24. The fraction of sp³-hybridized carbons (Fsp3) is 0.583. The van der Waals surface area contributed by atoms with Gasteiger partial charge in [-0.3, -0.25) is 0 Å². The minimum Gasteiger partial charge on any atom is -0.461 e. The molecule has 0 radical (unpaired) electrons. The summed E-state index contributed by atoms with van der Waals surface area (Å²) in [5, 5.41) is 0.725. The molecule has 174 valence electrons. The van der Waals surface area contributed by atoms with E-state index in [2.05, 4.69) is 46.8 Å². The molecule has 8 heteroatoms. The number of esters is 1. The van der Waals surface area contributed by atoms with Gasteiger partial charge in [0.05, 0.1) is 17.8 Å². The van der Waals surface area contributed by atoms with Crippen molar-refractivity contribution in [2.75, 3.05) is 12.9 Å². The summed E-state index contributed by atoms with van der Waals surface area (Å²) in [5.74, 6) is 0.607. The summed E-state index contributed by atoms with van der Waals surface area (Å²) >= 11 is 1.48. The summed E-state index contributed by atoms with van der Waals surface area (Å²) in [6, 6.07) is 8.22. The Morgan fingerprint density at radius 3 is 2.28 bits per heavy atom. The Morgan fingerprint density at radius 1 is 1.12 bits per heavy atom. The highest BCUT2D eigenvalue weighted by Gasteiger charge is 2.51. The molecule has 1 aliphatic heterocycles. The van der Waals surface area contributed by atoms with Crippen LogP contribution in [0.2, 0.25) is 0 Å². The van der Waals surface area contributed by atoms with Crippen LogP contribution in [0, 0.1) is 0 Å². The number of aromatic nitrogens is 2. The minimum absolute atomic E-state index is 0.319. The Balaban J connectivity index is 1.87. The lowest BCUT2D eigenvalue weighted by atomic mass is 9.79. The third-order valence-electron chi connectivity index (χ3n) is 6.28. The zero-order valence-corrected chi connectivity index (χ0v) is 21.2. The van der Waals surface area contributed by atoms with Crippen molar-refractivity contribution >= 4 is 30.3 Å². The molecule has 0 amide bonds. The zero-order chi connectivity index (χ0) is 23.5. The number of rotatable bonds is 9. The molecule has 1 aromatic carbocycles. The number of thioether (sulfide) groups is 1. The molecule has 1 aromatic heterocycles. The van der Waals surface area contributed by atoms with Crippen LogP contribution in [0.3, 0.4) is 0 Å². The number of carbonyl (C=O) groups excluding carboxylic acids is 1. The number of hydrogen-bond acceptors (Lipinski definition) is 6. The van der Waals surface area contributed by atoms with Gasteiger partial charge in [0.15, 0.2) is 5.69 Å². The summed E-state index contributed by atoms with van der Waals surface area (Å²) in [4.78, 5) is 17.5. The molecule has 1 saturated heterocycles. The Kier molecular flexibility index (Phi) is 7.79. The maximum atomic E-state index is 12.7. The predicted octanol–water partition coefficient (Wildman–Crippen LogP) is 4.47. The molecule has 0 bridgehead atoms. The summed E-state index contributed by atoms with van der Waals surface area (Å²) in [6.45, 7) is 13.1. The van der Waals surface area contributed by atoms with Gasteiger partial charge in [-0.2, -0.15) is 0 Å². The average molecular weight is 458 g/mol. The lowest BCUT2D eigenvalue weighted by Gasteiger charge is -2.32. The van der Waals surface area contributed by atoms with Crippen LogP contribution in [0.15, 0.2) is 29.3 Å². The van der Waals surface area contributed by atoms with Crippen molar-refractivity contribution in [3.63, 3.8) is 0 Å². The Bertz CT molecular complexity index is 924. The molecule has 2 aromatic rings. The van der Waals surface area contributed by atoms with Crippen LogP contribution in [0.1, 0.15) is 76.3 Å². The van der Waals surface area contributed by atoms with E-state index in [1.165, 1.54) is 11.8 Å². The highest BCUT2D eigenvalue weighted by molar-refractivity contribution is 7.98. The molecule has 0 aliphatic carbocycles. The number of ether oxygens (including phenoxy) is 1. The molecule has 6 nitrogen and oxygen atoms in total. The Hall–Kier alpha value is -1.77. The van der Waals surface area contributed by atoms with Crippen LogP contribution < -0.4 is 5.46 Å². The molecule has 0 N–H and O–H groups in total. The maximum Gasteiger partial charge on any atom is 0.494 e. The van der Waals surface area contributed by atoms with Crippen LogP contribution in [-0.2, 0) is 27.0 Å². The lowest BCUT2D eigenvalue weighted by molar-refractivity contribution is 0.00578. The molecule has 0 saturated carbocycles. The van der Waals surface area contributed by atoms with E-state index in [9.17, 15) is 4.79 Å². The van der Waals surface area contributed by atoms with E-state index in [1.54, 1.807) is 0 Å². The number of nitrogens with zero attached hydrogens (tertiary/aromatic N) is 2. The summed E-state index contributed by atoms with van der Waals surface area (Å²) in [6.07, 6.45) is 4.86. The van der Waals surface area contributed by atoms with Crippen molar-refractivity contribution in [1.82, 2.24) is 9.55 Å².